The summed E-state index contributed by atoms with van der Waals surface area (Å²) in [5.74, 6) is 0. The molecule has 0 radical (unpaired) electrons. The van der Waals surface area contributed by atoms with E-state index in [2.05, 4.69) is 44.9 Å². The molecule has 1 rings (SSSR count). The molecule has 0 unspecified atom stereocenters. The van der Waals surface area contributed by atoms with Crippen molar-refractivity contribution < 1.29 is 5.11 Å². The summed E-state index contributed by atoms with van der Waals surface area (Å²) < 4.78 is 3.13. The highest BCUT2D eigenvalue weighted by atomic mass is 79.9. The van der Waals surface area contributed by atoms with Gasteiger partial charge in [0.2, 0.25) is 0 Å². The highest BCUT2D eigenvalue weighted by molar-refractivity contribution is 9.08. The number of nitrogens with one attached hydrogen (secondary N) is 1. The zero-order chi connectivity index (χ0) is 11.3. The van der Waals surface area contributed by atoms with E-state index in [1.54, 1.807) is 25.8 Å². The normalized spacial score (nSPS) is 11.7. The molecular formula is C11H16BrNOS. The Morgan fingerprint density at radius 2 is 1.93 bits per heavy atom. The van der Waals surface area contributed by atoms with Gasteiger partial charge < -0.3 is 5.11 Å². The van der Waals surface area contributed by atoms with Crippen LogP contribution in [0.5, 0.6) is 0 Å². The molecule has 1 aromatic rings. The van der Waals surface area contributed by atoms with Crippen molar-refractivity contribution >= 4 is 27.9 Å². The number of hydrogen-bond donors (Lipinski definition) is 2. The van der Waals surface area contributed by atoms with E-state index < -0.39 is 5.60 Å². The minimum Gasteiger partial charge on any atom is -0.389 e. The molecule has 84 valence electrons. The molecule has 0 aromatic heterocycles. The molecule has 2 N–H and O–H groups in total. The fourth-order valence-corrected chi connectivity index (χ4v) is 2.18. The lowest BCUT2D eigenvalue weighted by Gasteiger charge is -2.16. The highest BCUT2D eigenvalue weighted by Gasteiger charge is 2.11. The molecule has 0 aliphatic heterocycles. The smallest absolute Gasteiger partial charge is 0.0725 e. The number of halogens is 1. The molecular weight excluding hydrogens is 274 g/mol. The number of aliphatic hydroxyl groups is 1. The molecule has 4 heteroatoms. The topological polar surface area (TPSA) is 32.3 Å². The van der Waals surface area contributed by atoms with Gasteiger partial charge in [-0.2, -0.15) is 0 Å². The molecule has 1 aromatic carbocycles. The maximum atomic E-state index is 9.50. The second kappa shape index (κ2) is 5.89. The molecule has 15 heavy (non-hydrogen) atoms. The zero-order valence-electron chi connectivity index (χ0n) is 8.96. The lowest BCUT2D eigenvalue weighted by molar-refractivity contribution is 0.0865. The highest BCUT2D eigenvalue weighted by Crippen LogP contribution is 2.17. The first-order valence-corrected chi connectivity index (χ1v) is 6.72. The van der Waals surface area contributed by atoms with Crippen molar-refractivity contribution in [1.82, 2.24) is 4.72 Å². The Balaban J connectivity index is 2.38. The predicted molar refractivity (Wildman–Crippen MR) is 69.2 cm³/mol. The quantitative estimate of drug-likeness (QED) is 0.646. The molecule has 0 bridgehead atoms. The third-order valence-electron chi connectivity index (χ3n) is 1.77. The Morgan fingerprint density at radius 1 is 1.33 bits per heavy atom. The van der Waals surface area contributed by atoms with Crippen molar-refractivity contribution in [3.8, 4) is 0 Å². The molecule has 0 heterocycles. The molecule has 0 atom stereocenters. The third kappa shape index (κ3) is 5.56. The molecule has 0 fully saturated rings. The van der Waals surface area contributed by atoms with E-state index in [0.717, 1.165) is 10.2 Å². The summed E-state index contributed by atoms with van der Waals surface area (Å²) in [7, 11) is 0. The minimum atomic E-state index is -0.664. The summed E-state index contributed by atoms with van der Waals surface area (Å²) >= 11 is 4.95. The predicted octanol–water partition coefficient (Wildman–Crippen LogP) is 2.95. The van der Waals surface area contributed by atoms with Gasteiger partial charge in [-0.25, -0.2) is 0 Å². The molecule has 0 aliphatic rings. The van der Waals surface area contributed by atoms with E-state index in [0.29, 0.717) is 6.54 Å². The summed E-state index contributed by atoms with van der Waals surface area (Å²) in [6.45, 7) is 4.14. The van der Waals surface area contributed by atoms with Gasteiger partial charge in [-0.3, -0.25) is 4.72 Å². The van der Waals surface area contributed by atoms with Gasteiger partial charge in [-0.15, -0.1) is 0 Å². The summed E-state index contributed by atoms with van der Waals surface area (Å²) in [4.78, 5) is 1.16. The molecule has 0 saturated carbocycles. The van der Waals surface area contributed by atoms with Gasteiger partial charge in [0.15, 0.2) is 0 Å². The van der Waals surface area contributed by atoms with Gasteiger partial charge in [0.05, 0.1) is 5.60 Å². The third-order valence-corrected chi connectivity index (χ3v) is 3.22. The van der Waals surface area contributed by atoms with Crippen LogP contribution in [-0.2, 0) is 5.33 Å². The summed E-state index contributed by atoms with van der Waals surface area (Å²) in [5.41, 5.74) is 0.602. The number of hydrogen-bond acceptors (Lipinski definition) is 3. The van der Waals surface area contributed by atoms with Crippen molar-refractivity contribution in [3.05, 3.63) is 29.8 Å². The first kappa shape index (κ1) is 13.0. The lowest BCUT2D eigenvalue weighted by Crippen LogP contribution is -2.31. The van der Waals surface area contributed by atoms with Gasteiger partial charge >= 0.3 is 0 Å². The van der Waals surface area contributed by atoms with E-state index in [-0.39, 0.29) is 0 Å². The Bertz CT molecular complexity index is 294. The Morgan fingerprint density at radius 3 is 2.40 bits per heavy atom. The average molecular weight is 290 g/mol. The van der Waals surface area contributed by atoms with Crippen LogP contribution in [0.4, 0.5) is 0 Å². The van der Waals surface area contributed by atoms with Crippen LogP contribution in [0.25, 0.3) is 0 Å². The molecule has 0 amide bonds. The van der Waals surface area contributed by atoms with Crippen LogP contribution >= 0.6 is 27.9 Å². The largest absolute Gasteiger partial charge is 0.389 e. The van der Waals surface area contributed by atoms with Gasteiger partial charge in [-0.05, 0) is 43.5 Å². The Kier molecular flexibility index (Phi) is 5.12. The Labute approximate surface area is 104 Å². The zero-order valence-corrected chi connectivity index (χ0v) is 11.4. The van der Waals surface area contributed by atoms with Crippen molar-refractivity contribution in [3.63, 3.8) is 0 Å². The van der Waals surface area contributed by atoms with Crippen LogP contribution in [0.1, 0.15) is 19.4 Å². The monoisotopic (exact) mass is 289 g/mol. The Hall–Kier alpha value is -0.0300. The van der Waals surface area contributed by atoms with Crippen molar-refractivity contribution in [2.45, 2.75) is 29.7 Å². The molecule has 0 aliphatic carbocycles. The summed E-state index contributed by atoms with van der Waals surface area (Å²) in [6, 6.07) is 8.31. The number of benzene rings is 1. The van der Waals surface area contributed by atoms with Crippen LogP contribution in [0.2, 0.25) is 0 Å². The van der Waals surface area contributed by atoms with Gasteiger partial charge in [0.1, 0.15) is 0 Å². The fourth-order valence-electron chi connectivity index (χ4n) is 0.943. The van der Waals surface area contributed by atoms with Crippen LogP contribution in [0.15, 0.2) is 29.2 Å². The lowest BCUT2D eigenvalue weighted by atomic mass is 10.1. The average Bonchev–Trinajstić information content (AvgIpc) is 2.17. The standard InChI is InChI=1S/C11H16BrNOS/c1-11(2,14)8-13-15-10-5-3-9(7-12)4-6-10/h3-6,13-14H,7-8H2,1-2H3. The minimum absolute atomic E-state index is 0.567. The maximum absolute atomic E-state index is 9.50. The van der Waals surface area contributed by atoms with Crippen LogP contribution in [0.3, 0.4) is 0 Å². The molecule has 0 saturated heterocycles. The van der Waals surface area contributed by atoms with E-state index in [4.69, 9.17) is 0 Å². The van der Waals surface area contributed by atoms with Crippen molar-refractivity contribution in [2.24, 2.45) is 0 Å². The number of rotatable bonds is 5. The van der Waals surface area contributed by atoms with E-state index in [9.17, 15) is 5.11 Å². The number of alkyl halides is 1. The maximum Gasteiger partial charge on any atom is 0.0725 e. The second-order valence-corrected chi connectivity index (χ2v) is 5.54. The first-order chi connectivity index (χ1) is 7.01. The fraction of sp³-hybridized carbons (Fsp3) is 0.455. The van der Waals surface area contributed by atoms with E-state index in [1.807, 2.05) is 0 Å². The molecule has 2 nitrogen and oxygen atoms in total. The van der Waals surface area contributed by atoms with Crippen LogP contribution in [0, 0.1) is 0 Å². The van der Waals surface area contributed by atoms with Gasteiger partial charge in [-0.1, -0.05) is 28.1 Å². The van der Waals surface area contributed by atoms with Crippen molar-refractivity contribution in [1.29, 1.82) is 0 Å². The molecule has 0 spiro atoms. The van der Waals surface area contributed by atoms with E-state index >= 15 is 0 Å². The van der Waals surface area contributed by atoms with E-state index in [1.165, 1.54) is 5.56 Å². The summed E-state index contributed by atoms with van der Waals surface area (Å²) in [5, 5.41) is 10.4. The SMILES string of the molecule is CC(C)(O)CNSc1ccc(CBr)cc1. The van der Waals surface area contributed by atoms with Crippen LogP contribution in [-0.4, -0.2) is 17.3 Å². The van der Waals surface area contributed by atoms with Gasteiger partial charge in [0, 0.05) is 16.8 Å². The summed E-state index contributed by atoms with van der Waals surface area (Å²) in [6.07, 6.45) is 0. The first-order valence-electron chi connectivity index (χ1n) is 4.78. The van der Waals surface area contributed by atoms with Gasteiger partial charge in [0.25, 0.3) is 0 Å². The van der Waals surface area contributed by atoms with Crippen LogP contribution < -0.4 is 4.72 Å². The second-order valence-electron chi connectivity index (χ2n) is 4.01. The van der Waals surface area contributed by atoms with Crippen molar-refractivity contribution in [2.75, 3.05) is 6.54 Å².